The Morgan fingerprint density at radius 2 is 2.16 bits per heavy atom. The molecular formula is C18H27N5O2. The van der Waals surface area contributed by atoms with E-state index >= 15 is 0 Å². The van der Waals surface area contributed by atoms with Crippen LogP contribution in [-0.4, -0.2) is 48.5 Å². The number of guanidine groups is 1. The summed E-state index contributed by atoms with van der Waals surface area (Å²) in [6.07, 6.45) is 5.33. The van der Waals surface area contributed by atoms with Gasteiger partial charge in [-0.3, -0.25) is 15.1 Å². The normalized spacial score (nSPS) is 18.9. The van der Waals surface area contributed by atoms with Gasteiger partial charge in [-0.25, -0.2) is 0 Å². The molecule has 7 nitrogen and oxygen atoms in total. The Morgan fingerprint density at radius 3 is 2.80 bits per heavy atom. The fraction of sp³-hybridized carbons (Fsp3) is 0.611. The molecule has 1 heterocycles. The van der Waals surface area contributed by atoms with E-state index < -0.39 is 0 Å². The van der Waals surface area contributed by atoms with Crippen molar-refractivity contribution in [3.05, 3.63) is 34.4 Å². The van der Waals surface area contributed by atoms with E-state index in [1.165, 1.54) is 31.7 Å². The average Bonchev–Trinajstić information content (AvgIpc) is 3.04. The predicted octanol–water partition coefficient (Wildman–Crippen LogP) is 2.85. The first-order valence-electron chi connectivity index (χ1n) is 9.14. The minimum atomic E-state index is -0.363. The van der Waals surface area contributed by atoms with Crippen LogP contribution in [0.15, 0.2) is 29.3 Å². The van der Waals surface area contributed by atoms with Gasteiger partial charge < -0.3 is 15.5 Å². The van der Waals surface area contributed by atoms with Gasteiger partial charge in [-0.2, -0.15) is 0 Å². The lowest BCUT2D eigenvalue weighted by atomic mass is 9.68. The number of aliphatic imine (C=N–C) groups is 1. The number of nitrogens with one attached hydrogen (secondary N) is 2. The molecule has 0 amide bonds. The second-order valence-corrected chi connectivity index (χ2v) is 6.96. The van der Waals surface area contributed by atoms with Crippen molar-refractivity contribution in [1.29, 1.82) is 0 Å². The molecule has 25 heavy (non-hydrogen) atoms. The molecule has 1 spiro atoms. The quantitative estimate of drug-likeness (QED) is 0.272. The molecule has 1 aliphatic heterocycles. The highest BCUT2D eigenvalue weighted by atomic mass is 16.6. The minimum Gasteiger partial charge on any atom is -0.378 e. The Morgan fingerprint density at radius 1 is 1.36 bits per heavy atom. The van der Waals surface area contributed by atoms with E-state index in [2.05, 4.69) is 22.5 Å². The van der Waals surface area contributed by atoms with Crippen LogP contribution >= 0.6 is 0 Å². The average molecular weight is 345 g/mol. The van der Waals surface area contributed by atoms with Gasteiger partial charge in [-0.05, 0) is 37.7 Å². The second kappa shape index (κ2) is 7.72. The first-order chi connectivity index (χ1) is 12.1. The zero-order valence-corrected chi connectivity index (χ0v) is 14.8. The largest absolute Gasteiger partial charge is 0.378 e. The van der Waals surface area contributed by atoms with Crippen LogP contribution in [0.1, 0.15) is 32.6 Å². The monoisotopic (exact) mass is 345 g/mol. The second-order valence-electron chi connectivity index (χ2n) is 6.96. The van der Waals surface area contributed by atoms with E-state index in [1.807, 2.05) is 0 Å². The van der Waals surface area contributed by atoms with Crippen LogP contribution in [0.2, 0.25) is 0 Å². The van der Waals surface area contributed by atoms with Crippen molar-refractivity contribution < 1.29 is 4.92 Å². The van der Waals surface area contributed by atoms with Crippen LogP contribution in [-0.2, 0) is 0 Å². The van der Waals surface area contributed by atoms with Crippen molar-refractivity contribution in [2.24, 2.45) is 10.4 Å². The van der Waals surface area contributed by atoms with Crippen LogP contribution < -0.4 is 10.6 Å². The molecular weight excluding hydrogens is 318 g/mol. The third-order valence-electron chi connectivity index (χ3n) is 5.28. The maximum Gasteiger partial charge on any atom is 0.292 e. The molecule has 1 saturated carbocycles. The van der Waals surface area contributed by atoms with Gasteiger partial charge in [0, 0.05) is 32.2 Å². The molecule has 2 fully saturated rings. The highest BCUT2D eigenvalue weighted by Crippen LogP contribution is 2.47. The minimum absolute atomic E-state index is 0.102. The fourth-order valence-electron chi connectivity index (χ4n) is 3.76. The molecule has 0 atom stereocenters. The summed E-state index contributed by atoms with van der Waals surface area (Å²) in [5.41, 5.74) is 1.19. The highest BCUT2D eigenvalue weighted by Gasteiger charge is 2.43. The van der Waals surface area contributed by atoms with Crippen molar-refractivity contribution in [3.63, 3.8) is 0 Å². The molecule has 0 bridgehead atoms. The van der Waals surface area contributed by atoms with Gasteiger partial charge >= 0.3 is 0 Å². The Bertz CT molecular complexity index is 642. The van der Waals surface area contributed by atoms with Crippen LogP contribution in [0.3, 0.4) is 0 Å². The third-order valence-corrected chi connectivity index (χ3v) is 5.28. The van der Waals surface area contributed by atoms with Crippen molar-refractivity contribution in [1.82, 2.24) is 10.2 Å². The zero-order valence-electron chi connectivity index (χ0n) is 14.8. The molecule has 1 aliphatic carbocycles. The molecule has 3 rings (SSSR count). The van der Waals surface area contributed by atoms with Crippen molar-refractivity contribution >= 4 is 17.3 Å². The molecule has 0 radical (unpaired) electrons. The van der Waals surface area contributed by atoms with E-state index in [-0.39, 0.29) is 10.6 Å². The van der Waals surface area contributed by atoms with Crippen LogP contribution in [0.5, 0.6) is 0 Å². The number of benzene rings is 1. The topological polar surface area (TPSA) is 82.8 Å². The lowest BCUT2D eigenvalue weighted by molar-refractivity contribution is -0.384. The third kappa shape index (κ3) is 4.03. The highest BCUT2D eigenvalue weighted by molar-refractivity contribution is 5.80. The van der Waals surface area contributed by atoms with Gasteiger partial charge in [0.15, 0.2) is 5.96 Å². The number of nitrogens with zero attached hydrogens (tertiary/aromatic N) is 3. The molecule has 1 aromatic carbocycles. The summed E-state index contributed by atoms with van der Waals surface area (Å²) >= 11 is 0. The standard InChI is InChI=1S/C18H27N5O2/c1-2-19-17(22-13-10-18(14-22)8-5-9-18)21-12-11-20-15-6-3-4-7-16(15)23(24)25/h3-4,6-7,20H,2,5,8-14H2,1H3,(H,19,21). The Kier molecular flexibility index (Phi) is 5.40. The molecule has 2 N–H and O–H groups in total. The summed E-state index contributed by atoms with van der Waals surface area (Å²) in [4.78, 5) is 17.8. The van der Waals surface area contributed by atoms with Gasteiger partial charge in [0.2, 0.25) is 0 Å². The molecule has 2 aliphatic rings. The summed E-state index contributed by atoms with van der Waals surface area (Å²) in [5, 5.41) is 17.5. The van der Waals surface area contributed by atoms with Crippen LogP contribution in [0.4, 0.5) is 11.4 Å². The van der Waals surface area contributed by atoms with Gasteiger partial charge in [0.05, 0.1) is 11.5 Å². The summed E-state index contributed by atoms with van der Waals surface area (Å²) in [6.45, 7) is 6.26. The van der Waals surface area contributed by atoms with E-state index in [0.717, 1.165) is 25.6 Å². The van der Waals surface area contributed by atoms with Crippen molar-refractivity contribution in [2.75, 3.05) is 38.0 Å². The predicted molar refractivity (Wildman–Crippen MR) is 100 cm³/mol. The lowest BCUT2D eigenvalue weighted by Gasteiger charge is -2.38. The molecule has 1 saturated heterocycles. The van der Waals surface area contributed by atoms with Crippen molar-refractivity contribution in [3.8, 4) is 0 Å². The number of para-hydroxylation sites is 2. The van der Waals surface area contributed by atoms with E-state index in [9.17, 15) is 10.1 Å². The summed E-state index contributed by atoms with van der Waals surface area (Å²) in [5.74, 6) is 0.968. The van der Waals surface area contributed by atoms with E-state index in [1.54, 1.807) is 18.2 Å². The van der Waals surface area contributed by atoms with Crippen LogP contribution in [0.25, 0.3) is 0 Å². The van der Waals surface area contributed by atoms with Gasteiger partial charge in [-0.15, -0.1) is 0 Å². The summed E-state index contributed by atoms with van der Waals surface area (Å²) < 4.78 is 0. The number of hydrogen-bond acceptors (Lipinski definition) is 4. The molecule has 1 aromatic rings. The molecule has 0 aromatic heterocycles. The molecule has 136 valence electrons. The zero-order chi connectivity index (χ0) is 17.7. The van der Waals surface area contributed by atoms with Gasteiger partial charge in [-0.1, -0.05) is 18.6 Å². The lowest BCUT2D eigenvalue weighted by Crippen LogP contribution is -2.42. The van der Waals surface area contributed by atoms with Crippen LogP contribution in [0, 0.1) is 15.5 Å². The number of likely N-dealkylation sites (tertiary alicyclic amines) is 1. The Hall–Kier alpha value is -2.31. The summed E-state index contributed by atoms with van der Waals surface area (Å²) in [6, 6.07) is 6.71. The number of nitro benzene ring substituents is 1. The van der Waals surface area contributed by atoms with Gasteiger partial charge in [0.25, 0.3) is 5.69 Å². The Labute approximate surface area is 148 Å². The maximum absolute atomic E-state index is 11.0. The number of rotatable bonds is 6. The first kappa shape index (κ1) is 17.5. The number of anilines is 1. The molecule has 7 heteroatoms. The van der Waals surface area contributed by atoms with E-state index in [0.29, 0.717) is 24.2 Å². The van der Waals surface area contributed by atoms with Gasteiger partial charge in [0.1, 0.15) is 5.69 Å². The van der Waals surface area contributed by atoms with E-state index in [4.69, 9.17) is 4.99 Å². The Balaban J connectivity index is 1.55. The first-order valence-corrected chi connectivity index (χ1v) is 9.14. The van der Waals surface area contributed by atoms with Crippen molar-refractivity contribution in [2.45, 2.75) is 32.6 Å². The fourth-order valence-corrected chi connectivity index (χ4v) is 3.76. The molecule has 0 unspecified atom stereocenters. The summed E-state index contributed by atoms with van der Waals surface area (Å²) in [7, 11) is 0. The smallest absolute Gasteiger partial charge is 0.292 e. The number of nitro groups is 1. The number of hydrogen-bond donors (Lipinski definition) is 2. The SMILES string of the molecule is CCNC(=NCCNc1ccccc1[N+](=O)[O-])N1CCC2(CCC2)C1. The maximum atomic E-state index is 11.0.